The van der Waals surface area contributed by atoms with Crippen LogP contribution in [0.1, 0.15) is 13.3 Å². The van der Waals surface area contributed by atoms with Crippen LogP contribution in [-0.4, -0.2) is 31.8 Å². The van der Waals surface area contributed by atoms with Crippen LogP contribution in [0.5, 0.6) is 5.75 Å². The van der Waals surface area contributed by atoms with Gasteiger partial charge in [0, 0.05) is 31.0 Å². The first-order valence-electron chi connectivity index (χ1n) is 5.70. The summed E-state index contributed by atoms with van der Waals surface area (Å²) in [5.74, 6) is 0.247. The van der Waals surface area contributed by atoms with E-state index in [-0.39, 0.29) is 17.5 Å². The van der Waals surface area contributed by atoms with Crippen molar-refractivity contribution >= 4 is 11.4 Å². The van der Waals surface area contributed by atoms with Gasteiger partial charge in [-0.1, -0.05) is 6.92 Å². The third kappa shape index (κ3) is 3.59. The van der Waals surface area contributed by atoms with Crippen LogP contribution in [0.3, 0.4) is 0 Å². The number of nitro benzene ring substituents is 1. The normalized spacial score (nSPS) is 11.9. The van der Waals surface area contributed by atoms with E-state index in [9.17, 15) is 10.1 Å². The van der Waals surface area contributed by atoms with Crippen LogP contribution in [0.2, 0.25) is 0 Å². The number of hydrogen-bond acceptors (Lipinski definition) is 5. The molecular weight excluding hydrogens is 236 g/mol. The lowest BCUT2D eigenvalue weighted by molar-refractivity contribution is -0.385. The standard InChI is InChI=1S/C12H18N2O4/c1-4-9(8-17-2)13-10-5-6-11(14(15)16)12(7-10)18-3/h5-7,9,13H,4,8H2,1-3H3. The van der Waals surface area contributed by atoms with E-state index in [1.54, 1.807) is 19.2 Å². The first-order chi connectivity index (χ1) is 8.62. The van der Waals surface area contributed by atoms with Crippen molar-refractivity contribution in [1.29, 1.82) is 0 Å². The predicted octanol–water partition coefficient (Wildman–Crippen LogP) is 2.44. The minimum absolute atomic E-state index is 0.0390. The third-order valence-corrected chi connectivity index (χ3v) is 2.61. The molecule has 0 saturated heterocycles. The maximum atomic E-state index is 10.8. The largest absolute Gasteiger partial charge is 0.490 e. The summed E-state index contributed by atoms with van der Waals surface area (Å²) >= 11 is 0. The number of nitrogens with zero attached hydrogens (tertiary/aromatic N) is 1. The smallest absolute Gasteiger partial charge is 0.311 e. The van der Waals surface area contributed by atoms with E-state index in [0.717, 1.165) is 12.1 Å². The molecule has 1 N–H and O–H groups in total. The van der Waals surface area contributed by atoms with Gasteiger partial charge in [0.2, 0.25) is 0 Å². The first kappa shape index (κ1) is 14.2. The third-order valence-electron chi connectivity index (χ3n) is 2.61. The molecule has 18 heavy (non-hydrogen) atoms. The summed E-state index contributed by atoms with van der Waals surface area (Å²) in [5.41, 5.74) is 0.740. The van der Waals surface area contributed by atoms with Crippen LogP contribution >= 0.6 is 0 Å². The van der Waals surface area contributed by atoms with Gasteiger partial charge in [0.1, 0.15) is 0 Å². The van der Waals surface area contributed by atoms with Crippen LogP contribution in [0.4, 0.5) is 11.4 Å². The van der Waals surface area contributed by atoms with Crippen molar-refractivity contribution in [1.82, 2.24) is 0 Å². The van der Waals surface area contributed by atoms with Crippen molar-refractivity contribution in [3.8, 4) is 5.75 Å². The SMILES string of the molecule is CCC(COC)Nc1ccc([N+](=O)[O-])c(OC)c1. The van der Waals surface area contributed by atoms with E-state index in [4.69, 9.17) is 9.47 Å². The Morgan fingerprint density at radius 3 is 2.67 bits per heavy atom. The Balaban J connectivity index is 2.88. The molecule has 0 fully saturated rings. The molecule has 0 amide bonds. The van der Waals surface area contributed by atoms with Crippen molar-refractivity contribution in [2.75, 3.05) is 26.1 Å². The van der Waals surface area contributed by atoms with Gasteiger partial charge < -0.3 is 14.8 Å². The highest BCUT2D eigenvalue weighted by Gasteiger charge is 2.15. The Labute approximate surface area is 106 Å². The molecule has 0 radical (unpaired) electrons. The molecule has 0 aliphatic rings. The number of nitrogens with one attached hydrogen (secondary N) is 1. The van der Waals surface area contributed by atoms with Gasteiger partial charge in [-0.25, -0.2) is 0 Å². The molecule has 0 aliphatic heterocycles. The fraction of sp³-hybridized carbons (Fsp3) is 0.500. The number of anilines is 1. The maximum absolute atomic E-state index is 10.8. The Hall–Kier alpha value is -1.82. The topological polar surface area (TPSA) is 73.6 Å². The molecule has 0 aromatic heterocycles. The van der Waals surface area contributed by atoms with E-state index in [0.29, 0.717) is 6.61 Å². The Morgan fingerprint density at radius 2 is 2.17 bits per heavy atom. The van der Waals surface area contributed by atoms with Crippen molar-refractivity contribution < 1.29 is 14.4 Å². The fourth-order valence-corrected chi connectivity index (χ4v) is 1.62. The molecule has 6 heteroatoms. The molecular formula is C12H18N2O4. The lowest BCUT2D eigenvalue weighted by Gasteiger charge is -2.17. The van der Waals surface area contributed by atoms with Crippen LogP contribution in [0, 0.1) is 10.1 Å². The quantitative estimate of drug-likeness (QED) is 0.597. The van der Waals surface area contributed by atoms with Gasteiger partial charge in [-0.3, -0.25) is 10.1 Å². The number of hydrogen-bond donors (Lipinski definition) is 1. The van der Waals surface area contributed by atoms with Crippen molar-refractivity contribution in [2.45, 2.75) is 19.4 Å². The van der Waals surface area contributed by atoms with Crippen molar-refractivity contribution in [3.63, 3.8) is 0 Å². The van der Waals surface area contributed by atoms with E-state index in [2.05, 4.69) is 5.32 Å². The van der Waals surface area contributed by atoms with Gasteiger partial charge in [0.05, 0.1) is 18.6 Å². The zero-order chi connectivity index (χ0) is 13.5. The summed E-state index contributed by atoms with van der Waals surface area (Å²) in [4.78, 5) is 10.3. The van der Waals surface area contributed by atoms with E-state index in [1.165, 1.54) is 13.2 Å². The molecule has 6 nitrogen and oxygen atoms in total. The van der Waals surface area contributed by atoms with Gasteiger partial charge in [0.25, 0.3) is 0 Å². The van der Waals surface area contributed by atoms with E-state index < -0.39 is 4.92 Å². The lowest BCUT2D eigenvalue weighted by Crippen LogP contribution is -2.23. The summed E-state index contributed by atoms with van der Waals surface area (Å²) in [5, 5.41) is 14.0. The molecule has 100 valence electrons. The van der Waals surface area contributed by atoms with Gasteiger partial charge in [0.15, 0.2) is 5.75 Å². The minimum Gasteiger partial charge on any atom is -0.490 e. The molecule has 1 rings (SSSR count). The molecule has 0 heterocycles. The van der Waals surface area contributed by atoms with E-state index in [1.807, 2.05) is 6.92 Å². The Bertz CT molecular complexity index is 409. The average Bonchev–Trinajstić information content (AvgIpc) is 2.37. The Morgan fingerprint density at radius 1 is 1.44 bits per heavy atom. The molecule has 1 unspecified atom stereocenters. The van der Waals surface area contributed by atoms with Gasteiger partial charge in [-0.05, 0) is 12.5 Å². The number of rotatable bonds is 7. The summed E-state index contributed by atoms with van der Waals surface area (Å²) in [7, 11) is 3.05. The van der Waals surface area contributed by atoms with Crippen LogP contribution in [-0.2, 0) is 4.74 Å². The van der Waals surface area contributed by atoms with Gasteiger partial charge in [-0.2, -0.15) is 0 Å². The van der Waals surface area contributed by atoms with Crippen LogP contribution in [0.15, 0.2) is 18.2 Å². The summed E-state index contributed by atoms with van der Waals surface area (Å²) in [6.07, 6.45) is 0.896. The number of nitro groups is 1. The highest BCUT2D eigenvalue weighted by atomic mass is 16.6. The Kier molecular flexibility index (Phi) is 5.38. The molecule has 0 aliphatic carbocycles. The summed E-state index contributed by atoms with van der Waals surface area (Å²) in [6, 6.07) is 4.89. The molecule has 1 aromatic carbocycles. The second kappa shape index (κ2) is 6.80. The van der Waals surface area contributed by atoms with Gasteiger partial charge >= 0.3 is 5.69 Å². The minimum atomic E-state index is -0.463. The number of benzene rings is 1. The number of ether oxygens (including phenoxy) is 2. The average molecular weight is 254 g/mol. The first-order valence-corrected chi connectivity index (χ1v) is 5.70. The summed E-state index contributed by atoms with van der Waals surface area (Å²) in [6.45, 7) is 2.62. The number of methoxy groups -OCH3 is 2. The molecule has 1 atom stereocenters. The fourth-order valence-electron chi connectivity index (χ4n) is 1.62. The second-order valence-electron chi connectivity index (χ2n) is 3.85. The lowest BCUT2D eigenvalue weighted by atomic mass is 10.2. The van der Waals surface area contributed by atoms with Crippen molar-refractivity contribution in [3.05, 3.63) is 28.3 Å². The molecule has 0 bridgehead atoms. The highest BCUT2D eigenvalue weighted by Crippen LogP contribution is 2.29. The zero-order valence-corrected chi connectivity index (χ0v) is 10.8. The molecule has 0 saturated carbocycles. The zero-order valence-electron chi connectivity index (χ0n) is 10.8. The monoisotopic (exact) mass is 254 g/mol. The predicted molar refractivity (Wildman–Crippen MR) is 69.2 cm³/mol. The summed E-state index contributed by atoms with van der Waals surface area (Å²) < 4.78 is 10.1. The van der Waals surface area contributed by atoms with Crippen LogP contribution in [0.25, 0.3) is 0 Å². The molecule has 0 spiro atoms. The maximum Gasteiger partial charge on any atom is 0.311 e. The van der Waals surface area contributed by atoms with Crippen molar-refractivity contribution in [2.24, 2.45) is 0 Å². The van der Waals surface area contributed by atoms with E-state index >= 15 is 0 Å². The van der Waals surface area contributed by atoms with Crippen LogP contribution < -0.4 is 10.1 Å². The molecule has 1 aromatic rings. The second-order valence-corrected chi connectivity index (χ2v) is 3.85. The highest BCUT2D eigenvalue weighted by molar-refractivity contribution is 5.58. The van der Waals surface area contributed by atoms with Gasteiger partial charge in [-0.15, -0.1) is 0 Å².